The van der Waals surface area contributed by atoms with Crippen LogP contribution in [-0.4, -0.2) is 23.0 Å². The Bertz CT molecular complexity index is 328. The fraction of sp³-hybridized carbons (Fsp3) is 0.364. The Hall–Kier alpha value is -0.870. The molecule has 0 heterocycles. The molecule has 0 spiro atoms. The van der Waals surface area contributed by atoms with Crippen molar-refractivity contribution in [2.45, 2.75) is 13.0 Å². The molecule has 0 radical (unpaired) electrons. The van der Waals surface area contributed by atoms with E-state index in [2.05, 4.69) is 21.2 Å². The van der Waals surface area contributed by atoms with Gasteiger partial charge in [-0.3, -0.25) is 0 Å². The Morgan fingerprint density at radius 2 is 2.27 bits per heavy atom. The van der Waals surface area contributed by atoms with Crippen LogP contribution in [-0.2, 0) is 6.54 Å². The highest BCUT2D eigenvalue weighted by atomic mass is 79.9. The molecule has 0 aliphatic heterocycles. The molecule has 0 saturated carbocycles. The minimum atomic E-state index is -0.877. The molecule has 0 aliphatic carbocycles. The van der Waals surface area contributed by atoms with Crippen molar-refractivity contribution >= 4 is 21.9 Å². The van der Waals surface area contributed by atoms with Crippen LogP contribution in [0, 0.1) is 0 Å². The number of aromatic carboxylic acids is 1. The van der Waals surface area contributed by atoms with Gasteiger partial charge in [0.25, 0.3) is 0 Å². The number of hydrogen-bond acceptors (Lipinski definition) is 2. The molecule has 2 N–H and O–H groups in total. The van der Waals surface area contributed by atoms with Crippen LogP contribution in [0.1, 0.15) is 22.3 Å². The van der Waals surface area contributed by atoms with Crippen molar-refractivity contribution in [1.29, 1.82) is 0 Å². The predicted octanol–water partition coefficient (Wildman–Crippen LogP) is 2.26. The van der Waals surface area contributed by atoms with Crippen molar-refractivity contribution < 1.29 is 9.90 Å². The first-order valence-electron chi connectivity index (χ1n) is 4.83. The molecular formula is C11H14BrNO2. The molecule has 1 aromatic rings. The molecule has 0 aliphatic rings. The van der Waals surface area contributed by atoms with Crippen molar-refractivity contribution in [3.05, 3.63) is 35.4 Å². The van der Waals surface area contributed by atoms with Gasteiger partial charge in [0.15, 0.2) is 0 Å². The smallest absolute Gasteiger partial charge is 0.335 e. The Balaban J connectivity index is 2.47. The maximum absolute atomic E-state index is 10.7. The second-order valence-corrected chi connectivity index (χ2v) is 4.02. The average Bonchev–Trinajstić information content (AvgIpc) is 2.25. The van der Waals surface area contributed by atoms with Gasteiger partial charge in [-0.25, -0.2) is 4.79 Å². The number of nitrogens with one attached hydrogen (secondary N) is 1. The Morgan fingerprint density at radius 3 is 2.93 bits per heavy atom. The number of halogens is 1. The van der Waals surface area contributed by atoms with E-state index in [1.54, 1.807) is 18.2 Å². The molecular weight excluding hydrogens is 258 g/mol. The molecule has 0 bridgehead atoms. The SMILES string of the molecule is O=C(O)c1cccc(CNCCCBr)c1. The molecule has 4 heteroatoms. The van der Waals surface area contributed by atoms with E-state index in [9.17, 15) is 4.79 Å². The van der Waals surface area contributed by atoms with Crippen molar-refractivity contribution in [3.8, 4) is 0 Å². The standard InChI is InChI=1S/C11H14BrNO2/c12-5-2-6-13-8-9-3-1-4-10(7-9)11(14)15/h1,3-4,7,13H,2,5-6,8H2,(H,14,15). The summed E-state index contributed by atoms with van der Waals surface area (Å²) in [4.78, 5) is 10.7. The summed E-state index contributed by atoms with van der Waals surface area (Å²) in [6.45, 7) is 1.65. The number of hydrogen-bond donors (Lipinski definition) is 2. The Kier molecular flexibility index (Phi) is 5.36. The fourth-order valence-electron chi connectivity index (χ4n) is 1.24. The van der Waals surface area contributed by atoms with E-state index in [1.165, 1.54) is 0 Å². The maximum atomic E-state index is 10.7. The van der Waals surface area contributed by atoms with Crippen molar-refractivity contribution in [3.63, 3.8) is 0 Å². The highest BCUT2D eigenvalue weighted by Crippen LogP contribution is 2.04. The first-order valence-corrected chi connectivity index (χ1v) is 5.95. The van der Waals surface area contributed by atoms with Gasteiger partial charge in [-0.2, -0.15) is 0 Å². The quantitative estimate of drug-likeness (QED) is 0.617. The van der Waals surface area contributed by atoms with Gasteiger partial charge in [-0.1, -0.05) is 28.1 Å². The van der Waals surface area contributed by atoms with Crippen LogP contribution >= 0.6 is 15.9 Å². The number of benzene rings is 1. The van der Waals surface area contributed by atoms with Gasteiger partial charge in [0.1, 0.15) is 0 Å². The summed E-state index contributed by atoms with van der Waals surface area (Å²) in [7, 11) is 0. The summed E-state index contributed by atoms with van der Waals surface area (Å²) >= 11 is 3.35. The minimum absolute atomic E-state index is 0.342. The molecule has 0 unspecified atom stereocenters. The van der Waals surface area contributed by atoms with Crippen LogP contribution in [0.2, 0.25) is 0 Å². The van der Waals surface area contributed by atoms with Gasteiger partial charge in [-0.15, -0.1) is 0 Å². The summed E-state index contributed by atoms with van der Waals surface area (Å²) in [5.74, 6) is -0.877. The lowest BCUT2D eigenvalue weighted by molar-refractivity contribution is 0.0697. The lowest BCUT2D eigenvalue weighted by Gasteiger charge is -2.04. The topological polar surface area (TPSA) is 49.3 Å². The molecule has 3 nitrogen and oxygen atoms in total. The summed E-state index contributed by atoms with van der Waals surface area (Å²) in [5, 5.41) is 13.0. The molecule has 0 amide bonds. The van der Waals surface area contributed by atoms with E-state index < -0.39 is 5.97 Å². The van der Waals surface area contributed by atoms with Gasteiger partial charge in [0.05, 0.1) is 5.56 Å². The van der Waals surface area contributed by atoms with Crippen molar-refractivity contribution in [2.24, 2.45) is 0 Å². The van der Waals surface area contributed by atoms with Crippen molar-refractivity contribution in [2.75, 3.05) is 11.9 Å². The van der Waals surface area contributed by atoms with Crippen molar-refractivity contribution in [1.82, 2.24) is 5.32 Å². The van der Waals surface area contributed by atoms with Gasteiger partial charge in [0.2, 0.25) is 0 Å². The first kappa shape index (κ1) is 12.2. The van der Waals surface area contributed by atoms with E-state index in [0.29, 0.717) is 12.1 Å². The number of carboxylic acids is 1. The average molecular weight is 272 g/mol. The monoisotopic (exact) mass is 271 g/mol. The van der Waals surface area contributed by atoms with E-state index in [0.717, 1.165) is 23.9 Å². The normalized spacial score (nSPS) is 10.2. The van der Waals surface area contributed by atoms with Crippen LogP contribution in [0.15, 0.2) is 24.3 Å². The highest BCUT2D eigenvalue weighted by molar-refractivity contribution is 9.09. The first-order chi connectivity index (χ1) is 7.24. The van der Waals surface area contributed by atoms with Crippen LogP contribution in [0.4, 0.5) is 0 Å². The van der Waals surface area contributed by atoms with E-state index >= 15 is 0 Å². The van der Waals surface area contributed by atoms with Crippen LogP contribution in [0.5, 0.6) is 0 Å². The van der Waals surface area contributed by atoms with Crippen LogP contribution in [0.25, 0.3) is 0 Å². The second kappa shape index (κ2) is 6.58. The molecule has 0 atom stereocenters. The summed E-state index contributed by atoms with van der Waals surface area (Å²) in [6, 6.07) is 6.99. The third kappa shape index (κ3) is 4.44. The molecule has 0 fully saturated rings. The zero-order valence-corrected chi connectivity index (χ0v) is 9.96. The van der Waals surface area contributed by atoms with E-state index in [1.807, 2.05) is 6.07 Å². The zero-order valence-electron chi connectivity index (χ0n) is 8.37. The van der Waals surface area contributed by atoms with Crippen LogP contribution < -0.4 is 5.32 Å². The molecule has 15 heavy (non-hydrogen) atoms. The van der Waals surface area contributed by atoms with Gasteiger partial charge >= 0.3 is 5.97 Å². The predicted molar refractivity (Wildman–Crippen MR) is 63.5 cm³/mol. The number of carbonyl (C=O) groups is 1. The summed E-state index contributed by atoms with van der Waals surface area (Å²) < 4.78 is 0. The lowest BCUT2D eigenvalue weighted by Crippen LogP contribution is -2.15. The molecule has 0 aromatic heterocycles. The van der Waals surface area contributed by atoms with Gasteiger partial charge < -0.3 is 10.4 Å². The maximum Gasteiger partial charge on any atom is 0.335 e. The van der Waals surface area contributed by atoms with E-state index in [-0.39, 0.29) is 0 Å². The van der Waals surface area contributed by atoms with Crippen LogP contribution in [0.3, 0.4) is 0 Å². The molecule has 82 valence electrons. The highest BCUT2D eigenvalue weighted by Gasteiger charge is 2.02. The largest absolute Gasteiger partial charge is 0.478 e. The number of rotatable bonds is 6. The third-order valence-corrected chi connectivity index (χ3v) is 2.55. The van der Waals surface area contributed by atoms with E-state index in [4.69, 9.17) is 5.11 Å². The molecule has 0 saturated heterocycles. The van der Waals surface area contributed by atoms with Gasteiger partial charge in [0, 0.05) is 11.9 Å². The number of carboxylic acid groups (broad SMARTS) is 1. The minimum Gasteiger partial charge on any atom is -0.478 e. The second-order valence-electron chi connectivity index (χ2n) is 3.22. The Morgan fingerprint density at radius 1 is 1.47 bits per heavy atom. The summed E-state index contributed by atoms with van der Waals surface area (Å²) in [5.41, 5.74) is 1.35. The number of alkyl halides is 1. The van der Waals surface area contributed by atoms with Gasteiger partial charge in [-0.05, 0) is 30.7 Å². The zero-order chi connectivity index (χ0) is 11.1. The molecule has 1 rings (SSSR count). The third-order valence-electron chi connectivity index (χ3n) is 1.99. The fourth-order valence-corrected chi connectivity index (χ4v) is 1.52. The Labute approximate surface area is 97.6 Å². The summed E-state index contributed by atoms with van der Waals surface area (Å²) in [6.07, 6.45) is 1.07. The molecule has 1 aromatic carbocycles. The lowest BCUT2D eigenvalue weighted by atomic mass is 10.1.